The van der Waals surface area contributed by atoms with Crippen molar-refractivity contribution in [2.45, 2.75) is 58.0 Å². The van der Waals surface area contributed by atoms with E-state index in [-0.39, 0.29) is 0 Å². The van der Waals surface area contributed by atoms with Crippen molar-refractivity contribution < 1.29 is 0 Å². The van der Waals surface area contributed by atoms with Gasteiger partial charge in [0.25, 0.3) is 0 Å². The molecule has 0 heterocycles. The molecule has 2 heteroatoms. The molecule has 2 atom stereocenters. The van der Waals surface area contributed by atoms with Crippen molar-refractivity contribution in [3.63, 3.8) is 0 Å². The molecule has 0 amide bonds. The van der Waals surface area contributed by atoms with E-state index in [0.29, 0.717) is 12.1 Å². The fraction of sp³-hybridized carbons (Fsp3) is 1.00. The van der Waals surface area contributed by atoms with Gasteiger partial charge in [0.1, 0.15) is 0 Å². The van der Waals surface area contributed by atoms with Crippen LogP contribution in [-0.4, -0.2) is 30.1 Å². The molecule has 2 aliphatic rings. The van der Waals surface area contributed by atoms with Crippen LogP contribution in [-0.2, 0) is 0 Å². The van der Waals surface area contributed by atoms with Gasteiger partial charge in [0.05, 0.1) is 0 Å². The van der Waals surface area contributed by atoms with Crippen LogP contribution in [0, 0.1) is 11.8 Å². The van der Waals surface area contributed by atoms with Gasteiger partial charge in [0.15, 0.2) is 0 Å². The van der Waals surface area contributed by atoms with Gasteiger partial charge in [-0.05, 0) is 51.4 Å². The number of hydrogen-bond acceptors (Lipinski definition) is 2. The molecule has 2 unspecified atom stereocenters. The van der Waals surface area contributed by atoms with E-state index >= 15 is 0 Å². The molecule has 0 spiro atoms. The van der Waals surface area contributed by atoms with Gasteiger partial charge in [0, 0.05) is 25.2 Å². The topological polar surface area (TPSA) is 29.3 Å². The average Bonchev–Trinajstić information content (AvgIpc) is 2.90. The second-order valence-corrected chi connectivity index (χ2v) is 5.85. The lowest BCUT2D eigenvalue weighted by atomic mass is 10.0. The minimum Gasteiger partial charge on any atom is -0.327 e. The zero-order chi connectivity index (χ0) is 10.8. The van der Waals surface area contributed by atoms with Gasteiger partial charge in [0.2, 0.25) is 0 Å². The Morgan fingerprint density at radius 2 is 1.87 bits per heavy atom. The Balaban J connectivity index is 1.81. The third-order valence-electron chi connectivity index (χ3n) is 4.11. The highest BCUT2D eigenvalue weighted by Gasteiger charge is 2.30. The molecule has 88 valence electrons. The van der Waals surface area contributed by atoms with E-state index in [9.17, 15) is 0 Å². The molecule has 0 bridgehead atoms. The maximum atomic E-state index is 6.15. The minimum absolute atomic E-state index is 0.477. The van der Waals surface area contributed by atoms with Crippen LogP contribution in [0.15, 0.2) is 0 Å². The van der Waals surface area contributed by atoms with Crippen LogP contribution in [0.4, 0.5) is 0 Å². The lowest BCUT2D eigenvalue weighted by Gasteiger charge is -2.30. The Hall–Kier alpha value is -0.0800. The summed E-state index contributed by atoms with van der Waals surface area (Å²) < 4.78 is 0. The van der Waals surface area contributed by atoms with Gasteiger partial charge in [-0.3, -0.25) is 0 Å². The summed E-state index contributed by atoms with van der Waals surface area (Å²) in [6, 6.07) is 1.17. The van der Waals surface area contributed by atoms with Gasteiger partial charge in [-0.1, -0.05) is 6.42 Å². The van der Waals surface area contributed by atoms with Gasteiger partial charge in [-0.2, -0.15) is 0 Å². The Morgan fingerprint density at radius 3 is 2.33 bits per heavy atom. The molecule has 2 N–H and O–H groups in total. The quantitative estimate of drug-likeness (QED) is 0.754. The van der Waals surface area contributed by atoms with Crippen LogP contribution < -0.4 is 5.73 Å². The Labute approximate surface area is 94.2 Å². The van der Waals surface area contributed by atoms with Crippen LogP contribution in [0.3, 0.4) is 0 Å². The van der Waals surface area contributed by atoms with Crippen LogP contribution in [0.25, 0.3) is 0 Å². The molecule has 2 nitrogen and oxygen atoms in total. The smallest absolute Gasteiger partial charge is 0.00793 e. The monoisotopic (exact) mass is 210 g/mol. The Morgan fingerprint density at radius 1 is 1.13 bits per heavy atom. The predicted octanol–water partition coefficient (Wildman–Crippen LogP) is 2.23. The van der Waals surface area contributed by atoms with Crippen molar-refractivity contribution in [3.05, 3.63) is 0 Å². The highest BCUT2D eigenvalue weighted by Crippen LogP contribution is 2.32. The molecule has 2 rings (SSSR count). The number of nitrogens with two attached hydrogens (primary N) is 1. The number of rotatable bonds is 5. The molecule has 0 radical (unpaired) electrons. The zero-order valence-electron chi connectivity index (χ0n) is 10.3. The first kappa shape index (κ1) is 11.4. The highest BCUT2D eigenvalue weighted by atomic mass is 15.2. The molecule has 15 heavy (non-hydrogen) atoms. The zero-order valence-corrected chi connectivity index (χ0v) is 10.3. The molecule has 0 aromatic rings. The number of hydrogen-bond donors (Lipinski definition) is 1. The second kappa shape index (κ2) is 4.84. The molecule has 0 aromatic heterocycles. The van der Waals surface area contributed by atoms with E-state index in [2.05, 4.69) is 18.7 Å². The summed E-state index contributed by atoms with van der Waals surface area (Å²) in [6.45, 7) is 7.21. The standard InChI is InChI=1S/C13H26N2/c1-10(2)15(8-11-6-7-11)9-12-4-3-5-13(12)14/h10-13H,3-9,14H2,1-2H3. The van der Waals surface area contributed by atoms with E-state index in [1.54, 1.807) is 0 Å². The van der Waals surface area contributed by atoms with Crippen molar-refractivity contribution >= 4 is 0 Å². The summed E-state index contributed by atoms with van der Waals surface area (Å²) in [6.07, 6.45) is 6.87. The van der Waals surface area contributed by atoms with Crippen molar-refractivity contribution in [3.8, 4) is 0 Å². The van der Waals surface area contributed by atoms with Crippen LogP contribution in [0.2, 0.25) is 0 Å². The normalized spacial score (nSPS) is 31.8. The number of nitrogens with zero attached hydrogens (tertiary/aromatic N) is 1. The van der Waals surface area contributed by atoms with Gasteiger partial charge < -0.3 is 10.6 Å². The van der Waals surface area contributed by atoms with E-state index in [4.69, 9.17) is 5.73 Å². The molecule has 0 aromatic carbocycles. The molecule has 2 aliphatic carbocycles. The molecular weight excluding hydrogens is 184 g/mol. The summed E-state index contributed by atoms with van der Waals surface area (Å²) in [7, 11) is 0. The van der Waals surface area contributed by atoms with E-state index in [1.807, 2.05) is 0 Å². The third-order valence-corrected chi connectivity index (χ3v) is 4.11. The first-order valence-electron chi connectivity index (χ1n) is 6.66. The van der Waals surface area contributed by atoms with Gasteiger partial charge in [-0.25, -0.2) is 0 Å². The van der Waals surface area contributed by atoms with E-state index in [0.717, 1.165) is 11.8 Å². The largest absolute Gasteiger partial charge is 0.327 e. The van der Waals surface area contributed by atoms with Gasteiger partial charge >= 0.3 is 0 Å². The fourth-order valence-corrected chi connectivity index (χ4v) is 2.72. The summed E-state index contributed by atoms with van der Waals surface area (Å²) >= 11 is 0. The summed E-state index contributed by atoms with van der Waals surface area (Å²) in [4.78, 5) is 2.66. The molecule has 0 aliphatic heterocycles. The maximum Gasteiger partial charge on any atom is 0.00793 e. The van der Waals surface area contributed by atoms with Crippen molar-refractivity contribution in [2.75, 3.05) is 13.1 Å². The van der Waals surface area contributed by atoms with Crippen LogP contribution >= 0.6 is 0 Å². The molecule has 2 saturated carbocycles. The molecule has 2 fully saturated rings. The molecule has 0 saturated heterocycles. The first-order chi connectivity index (χ1) is 7.16. The van der Waals surface area contributed by atoms with Crippen molar-refractivity contribution in [2.24, 2.45) is 17.6 Å². The lowest BCUT2D eigenvalue weighted by Crippen LogP contribution is -2.40. The van der Waals surface area contributed by atoms with Gasteiger partial charge in [-0.15, -0.1) is 0 Å². The van der Waals surface area contributed by atoms with Crippen LogP contribution in [0.1, 0.15) is 46.0 Å². The average molecular weight is 210 g/mol. The first-order valence-corrected chi connectivity index (χ1v) is 6.66. The second-order valence-electron chi connectivity index (χ2n) is 5.85. The SMILES string of the molecule is CC(C)N(CC1CC1)CC1CCCC1N. The van der Waals surface area contributed by atoms with E-state index in [1.165, 1.54) is 45.2 Å². The summed E-state index contributed by atoms with van der Waals surface area (Å²) in [5.74, 6) is 1.77. The Kier molecular flexibility index (Phi) is 3.68. The third kappa shape index (κ3) is 3.18. The lowest BCUT2D eigenvalue weighted by molar-refractivity contribution is 0.174. The molecular formula is C13H26N2. The fourth-order valence-electron chi connectivity index (χ4n) is 2.72. The minimum atomic E-state index is 0.477. The van der Waals surface area contributed by atoms with Crippen LogP contribution in [0.5, 0.6) is 0 Å². The van der Waals surface area contributed by atoms with Crippen molar-refractivity contribution in [1.82, 2.24) is 4.90 Å². The Bertz CT molecular complexity index is 199. The van der Waals surface area contributed by atoms with Crippen molar-refractivity contribution in [1.29, 1.82) is 0 Å². The highest BCUT2D eigenvalue weighted by molar-refractivity contribution is 4.85. The summed E-state index contributed by atoms with van der Waals surface area (Å²) in [5, 5.41) is 0. The summed E-state index contributed by atoms with van der Waals surface area (Å²) in [5.41, 5.74) is 6.15. The maximum absolute atomic E-state index is 6.15. The van der Waals surface area contributed by atoms with E-state index < -0.39 is 0 Å². The predicted molar refractivity (Wildman–Crippen MR) is 64.7 cm³/mol.